The molecule has 0 saturated heterocycles. The molecule has 2 aromatic heterocycles. The topological polar surface area (TPSA) is 64.4 Å². The summed E-state index contributed by atoms with van der Waals surface area (Å²) in [6.07, 6.45) is 1.74. The smallest absolute Gasteiger partial charge is 0.388 e. The highest BCUT2D eigenvalue weighted by molar-refractivity contribution is 7.11. The van der Waals surface area contributed by atoms with Crippen LogP contribution < -0.4 is 10.1 Å². The van der Waals surface area contributed by atoms with E-state index < -0.39 is 12.5 Å². The van der Waals surface area contributed by atoms with E-state index >= 15 is 0 Å². The Kier molecular flexibility index (Phi) is 5.48. The number of amides is 1. The van der Waals surface area contributed by atoms with Gasteiger partial charge < -0.3 is 14.6 Å². The normalized spacial score (nSPS) is 11.0. The summed E-state index contributed by atoms with van der Waals surface area (Å²) in [5.74, 6) is -0.480. The highest BCUT2D eigenvalue weighted by Crippen LogP contribution is 2.28. The summed E-state index contributed by atoms with van der Waals surface area (Å²) >= 11 is 1.70. The second-order valence-corrected chi connectivity index (χ2v) is 6.08. The number of halogens is 2. The second-order valence-electron chi connectivity index (χ2n) is 4.71. The van der Waals surface area contributed by atoms with Crippen LogP contribution in [0.3, 0.4) is 0 Å². The third-order valence-electron chi connectivity index (χ3n) is 2.92. The molecule has 5 nitrogen and oxygen atoms in total. The Morgan fingerprint density at radius 2 is 2.23 bits per heavy atom. The van der Waals surface area contributed by atoms with E-state index in [-0.39, 0.29) is 23.8 Å². The van der Waals surface area contributed by atoms with Crippen LogP contribution in [0.5, 0.6) is 5.88 Å². The van der Waals surface area contributed by atoms with Crippen molar-refractivity contribution in [2.24, 2.45) is 0 Å². The fourth-order valence-electron chi connectivity index (χ4n) is 1.90. The molecular formula is C14H16F2N2O3S. The lowest BCUT2D eigenvalue weighted by Gasteiger charge is -2.06. The minimum Gasteiger partial charge on any atom is -0.412 e. The zero-order valence-corrected chi connectivity index (χ0v) is 13.0. The Morgan fingerprint density at radius 1 is 1.45 bits per heavy atom. The quantitative estimate of drug-likeness (QED) is 0.836. The monoisotopic (exact) mass is 330 g/mol. The Morgan fingerprint density at radius 3 is 2.86 bits per heavy atom. The van der Waals surface area contributed by atoms with E-state index in [4.69, 9.17) is 4.52 Å². The molecule has 0 radical (unpaired) electrons. The van der Waals surface area contributed by atoms with Gasteiger partial charge in [-0.1, -0.05) is 0 Å². The maximum absolute atomic E-state index is 12.2. The SMILES string of the molecule is Cc1ccc(CCCC(=O)Nc2c(OC(F)F)noc2C)s1. The second kappa shape index (κ2) is 7.35. The molecule has 22 heavy (non-hydrogen) atoms. The van der Waals surface area contributed by atoms with Gasteiger partial charge in [0.25, 0.3) is 5.88 Å². The van der Waals surface area contributed by atoms with Gasteiger partial charge >= 0.3 is 6.61 Å². The minimum absolute atomic E-state index is 0.0530. The van der Waals surface area contributed by atoms with Crippen molar-refractivity contribution in [2.45, 2.75) is 39.7 Å². The lowest BCUT2D eigenvalue weighted by molar-refractivity contribution is -0.116. The van der Waals surface area contributed by atoms with Crippen LogP contribution in [-0.2, 0) is 11.2 Å². The number of nitrogens with zero attached hydrogens (tertiary/aromatic N) is 1. The van der Waals surface area contributed by atoms with Gasteiger partial charge in [-0.25, -0.2) is 0 Å². The molecule has 0 bridgehead atoms. The van der Waals surface area contributed by atoms with Crippen LogP contribution in [0.1, 0.15) is 28.4 Å². The maximum Gasteiger partial charge on any atom is 0.388 e. The number of carbonyl (C=O) groups is 1. The number of rotatable bonds is 7. The zero-order valence-electron chi connectivity index (χ0n) is 12.2. The van der Waals surface area contributed by atoms with E-state index in [1.165, 1.54) is 16.7 Å². The van der Waals surface area contributed by atoms with Crippen molar-refractivity contribution in [3.05, 3.63) is 27.6 Å². The van der Waals surface area contributed by atoms with Crippen LogP contribution in [0.25, 0.3) is 0 Å². The van der Waals surface area contributed by atoms with Gasteiger partial charge in [-0.3, -0.25) is 4.79 Å². The molecule has 2 rings (SSSR count). The molecule has 0 aromatic carbocycles. The zero-order chi connectivity index (χ0) is 16.1. The molecule has 2 heterocycles. The molecule has 0 fully saturated rings. The number of aromatic nitrogens is 1. The molecule has 0 atom stereocenters. The van der Waals surface area contributed by atoms with Gasteiger partial charge in [-0.05, 0) is 44.0 Å². The van der Waals surface area contributed by atoms with Gasteiger partial charge in [-0.15, -0.1) is 11.3 Å². The average Bonchev–Trinajstić information content (AvgIpc) is 2.99. The Balaban J connectivity index is 1.85. The first-order chi connectivity index (χ1) is 10.5. The van der Waals surface area contributed by atoms with Crippen LogP contribution in [0.2, 0.25) is 0 Å². The number of hydrogen-bond donors (Lipinski definition) is 1. The van der Waals surface area contributed by atoms with Gasteiger partial charge in [0.2, 0.25) is 5.91 Å². The Bertz CT molecular complexity index is 640. The average molecular weight is 330 g/mol. The van der Waals surface area contributed by atoms with Crippen molar-refractivity contribution in [3.8, 4) is 5.88 Å². The lowest BCUT2D eigenvalue weighted by Crippen LogP contribution is -2.13. The molecule has 2 aromatic rings. The van der Waals surface area contributed by atoms with Crippen molar-refractivity contribution in [2.75, 3.05) is 5.32 Å². The number of hydrogen-bond acceptors (Lipinski definition) is 5. The summed E-state index contributed by atoms with van der Waals surface area (Å²) in [6.45, 7) is 0.511. The minimum atomic E-state index is -3.03. The number of carbonyl (C=O) groups excluding carboxylic acids is 1. The van der Waals surface area contributed by atoms with Gasteiger partial charge in [0, 0.05) is 16.2 Å². The summed E-state index contributed by atoms with van der Waals surface area (Å²) in [7, 11) is 0. The number of anilines is 1. The summed E-state index contributed by atoms with van der Waals surface area (Å²) in [5, 5.41) is 5.85. The number of thiophene rings is 1. The molecule has 0 aliphatic rings. The third kappa shape index (κ3) is 4.52. The highest BCUT2D eigenvalue weighted by atomic mass is 32.1. The lowest BCUT2D eigenvalue weighted by atomic mass is 10.2. The van der Waals surface area contributed by atoms with Crippen LogP contribution in [-0.4, -0.2) is 17.7 Å². The van der Waals surface area contributed by atoms with E-state index in [0.29, 0.717) is 6.42 Å². The predicted molar refractivity (Wildman–Crippen MR) is 78.5 cm³/mol. The van der Waals surface area contributed by atoms with Crippen molar-refractivity contribution in [1.82, 2.24) is 5.16 Å². The Hall–Kier alpha value is -1.96. The molecule has 0 aliphatic heterocycles. The summed E-state index contributed by atoms with van der Waals surface area (Å²) in [6, 6.07) is 4.07. The third-order valence-corrected chi connectivity index (χ3v) is 3.98. The van der Waals surface area contributed by atoms with Gasteiger partial charge in [0.05, 0.1) is 0 Å². The predicted octanol–water partition coefficient (Wildman–Crippen LogP) is 3.92. The largest absolute Gasteiger partial charge is 0.412 e. The van der Waals surface area contributed by atoms with Crippen LogP contribution in [0.4, 0.5) is 14.5 Å². The van der Waals surface area contributed by atoms with Crippen molar-refractivity contribution < 1.29 is 22.8 Å². The fourth-order valence-corrected chi connectivity index (χ4v) is 2.83. The molecule has 0 unspecified atom stereocenters. The number of alkyl halides is 2. The van der Waals surface area contributed by atoms with Gasteiger partial charge in [0.15, 0.2) is 5.76 Å². The van der Waals surface area contributed by atoms with E-state index in [1.54, 1.807) is 11.3 Å². The van der Waals surface area contributed by atoms with Crippen molar-refractivity contribution in [1.29, 1.82) is 0 Å². The first kappa shape index (κ1) is 16.4. The summed E-state index contributed by atoms with van der Waals surface area (Å²) in [5.41, 5.74) is 0.0530. The first-order valence-corrected chi connectivity index (χ1v) is 7.53. The standard InChI is InChI=1S/C14H16F2N2O3S/c1-8-6-7-10(22-8)4-3-5-11(19)17-12-9(2)21-18-13(12)20-14(15)16/h6-7,14H,3-5H2,1-2H3,(H,17,19). The molecule has 0 spiro atoms. The molecule has 1 amide bonds. The van der Waals surface area contributed by atoms with E-state index in [2.05, 4.69) is 15.2 Å². The van der Waals surface area contributed by atoms with Crippen LogP contribution in [0, 0.1) is 13.8 Å². The molecule has 8 heteroatoms. The number of aryl methyl sites for hydroxylation is 3. The van der Waals surface area contributed by atoms with E-state index in [0.717, 1.165) is 6.42 Å². The van der Waals surface area contributed by atoms with Gasteiger partial charge in [0.1, 0.15) is 5.69 Å². The molecule has 1 N–H and O–H groups in total. The summed E-state index contributed by atoms with van der Waals surface area (Å²) in [4.78, 5) is 14.3. The maximum atomic E-state index is 12.2. The number of nitrogens with one attached hydrogen (secondary N) is 1. The van der Waals surface area contributed by atoms with Crippen molar-refractivity contribution >= 4 is 22.9 Å². The van der Waals surface area contributed by atoms with E-state index in [9.17, 15) is 13.6 Å². The van der Waals surface area contributed by atoms with E-state index in [1.807, 2.05) is 19.1 Å². The molecule has 0 saturated carbocycles. The highest BCUT2D eigenvalue weighted by Gasteiger charge is 2.19. The Labute approximate surface area is 130 Å². The number of ether oxygens (including phenoxy) is 1. The molecule has 0 aliphatic carbocycles. The molecular weight excluding hydrogens is 314 g/mol. The first-order valence-electron chi connectivity index (χ1n) is 6.72. The molecule has 120 valence electrons. The fraction of sp³-hybridized carbons (Fsp3) is 0.429. The van der Waals surface area contributed by atoms with Gasteiger partial charge in [-0.2, -0.15) is 8.78 Å². The van der Waals surface area contributed by atoms with Crippen LogP contribution in [0.15, 0.2) is 16.7 Å². The summed E-state index contributed by atoms with van der Waals surface area (Å²) < 4.78 is 33.4. The van der Waals surface area contributed by atoms with Crippen LogP contribution >= 0.6 is 11.3 Å². The van der Waals surface area contributed by atoms with Crippen molar-refractivity contribution in [3.63, 3.8) is 0 Å².